The number of ketones is 2. The summed E-state index contributed by atoms with van der Waals surface area (Å²) in [5.41, 5.74) is 3.75. The summed E-state index contributed by atoms with van der Waals surface area (Å²) in [7, 11) is 0. The fraction of sp³-hybridized carbons (Fsp3) is 0. The monoisotopic (exact) mass is 520 g/mol. The van der Waals surface area contributed by atoms with E-state index >= 15 is 0 Å². The highest BCUT2D eigenvalue weighted by atomic mass is 16.3. The molecule has 0 saturated carbocycles. The topological polar surface area (TPSA) is 115 Å². The van der Waals surface area contributed by atoms with Crippen LogP contribution >= 0.6 is 0 Å². The second kappa shape index (κ2) is 6.68. The Morgan fingerprint density at radius 2 is 0.800 bits per heavy atom. The van der Waals surface area contributed by atoms with E-state index in [0.717, 1.165) is 48.8 Å². The van der Waals surface area contributed by atoms with Crippen molar-refractivity contribution in [1.82, 2.24) is 0 Å². The molecular formula is C34H16O6. The molecule has 0 amide bonds. The molecule has 0 radical (unpaired) electrons. The van der Waals surface area contributed by atoms with E-state index in [1.165, 1.54) is 0 Å². The lowest BCUT2D eigenvalue weighted by molar-refractivity contribution is 0.103. The minimum absolute atomic E-state index is 0.0107. The molecule has 40 heavy (non-hydrogen) atoms. The number of benzene rings is 7. The number of aromatic hydroxyl groups is 4. The smallest absolute Gasteiger partial charge is 0.205 e. The minimum atomic E-state index is -0.941. The maximum Gasteiger partial charge on any atom is 0.205 e. The molecule has 0 bridgehead atoms. The van der Waals surface area contributed by atoms with Crippen molar-refractivity contribution in [2.75, 3.05) is 0 Å². The Balaban J connectivity index is 1.50. The second-order valence-electron chi connectivity index (χ2n) is 10.5. The van der Waals surface area contributed by atoms with E-state index in [-0.39, 0.29) is 16.9 Å². The van der Waals surface area contributed by atoms with Gasteiger partial charge in [-0.2, -0.15) is 0 Å². The quantitative estimate of drug-likeness (QED) is 0.0742. The lowest BCUT2D eigenvalue weighted by Crippen LogP contribution is -2.12. The molecule has 188 valence electrons. The highest BCUT2D eigenvalue weighted by Gasteiger charge is 2.36. The first-order chi connectivity index (χ1) is 19.4. The lowest BCUT2D eigenvalue weighted by Gasteiger charge is -2.26. The average molecular weight is 520 g/mol. The molecule has 0 atom stereocenters. The molecule has 7 aromatic carbocycles. The molecule has 9 rings (SSSR count). The molecule has 2 aliphatic carbocycles. The zero-order valence-corrected chi connectivity index (χ0v) is 20.5. The second-order valence-corrected chi connectivity index (χ2v) is 10.5. The maximum absolute atomic E-state index is 13.7. The van der Waals surface area contributed by atoms with Crippen LogP contribution in [-0.4, -0.2) is 32.0 Å². The number of carbonyl (C=O) groups excluding carboxylic acids is 2. The molecule has 6 nitrogen and oxygen atoms in total. The molecule has 6 heteroatoms. The predicted molar refractivity (Wildman–Crippen MR) is 152 cm³/mol. The molecule has 0 unspecified atom stereocenters. The van der Waals surface area contributed by atoms with E-state index in [0.29, 0.717) is 27.6 Å². The first-order valence-corrected chi connectivity index (χ1v) is 12.8. The van der Waals surface area contributed by atoms with Gasteiger partial charge in [-0.05, 0) is 61.1 Å². The van der Waals surface area contributed by atoms with Crippen molar-refractivity contribution < 1.29 is 30.0 Å². The van der Waals surface area contributed by atoms with E-state index in [9.17, 15) is 30.0 Å². The standard InChI is InChI=1S/C34H16O6/c35-29-19-4-2-1-3-13(19)14-5-6-15-16-7-10-20-26-22(30(36)28-27(20)31(37)33(39)34(40)32(28)38)12-9-18(24(16)26)17-8-11-21(29)25(14)23(15)17/h1-12,37-40H. The van der Waals surface area contributed by atoms with Crippen molar-refractivity contribution in [3.8, 4) is 45.3 Å². The van der Waals surface area contributed by atoms with Crippen LogP contribution in [-0.2, 0) is 0 Å². The van der Waals surface area contributed by atoms with E-state index in [2.05, 4.69) is 6.07 Å². The molecule has 0 aliphatic heterocycles. The summed E-state index contributed by atoms with van der Waals surface area (Å²) >= 11 is 0. The molecule has 2 aliphatic rings. The van der Waals surface area contributed by atoms with Gasteiger partial charge in [-0.15, -0.1) is 0 Å². The van der Waals surface area contributed by atoms with Gasteiger partial charge in [0.15, 0.2) is 23.1 Å². The first kappa shape index (κ1) is 21.3. The van der Waals surface area contributed by atoms with Crippen molar-refractivity contribution in [2.24, 2.45) is 0 Å². The van der Waals surface area contributed by atoms with Crippen LogP contribution in [0.1, 0.15) is 31.8 Å². The van der Waals surface area contributed by atoms with E-state index in [1.807, 2.05) is 54.6 Å². The summed E-state index contributed by atoms with van der Waals surface area (Å²) in [6.45, 7) is 0. The van der Waals surface area contributed by atoms with Gasteiger partial charge in [-0.25, -0.2) is 0 Å². The van der Waals surface area contributed by atoms with Gasteiger partial charge in [0.05, 0.1) is 5.56 Å². The van der Waals surface area contributed by atoms with Crippen LogP contribution in [0.15, 0.2) is 72.8 Å². The number of phenolic OH excluding ortho intramolecular Hbond substituents is 4. The zero-order valence-electron chi connectivity index (χ0n) is 20.5. The van der Waals surface area contributed by atoms with Crippen LogP contribution in [0.2, 0.25) is 0 Å². The van der Waals surface area contributed by atoms with Crippen molar-refractivity contribution in [2.45, 2.75) is 0 Å². The van der Waals surface area contributed by atoms with Gasteiger partial charge in [0.2, 0.25) is 11.5 Å². The predicted octanol–water partition coefficient (Wildman–Crippen LogP) is 6.98. The third-order valence-corrected chi connectivity index (χ3v) is 8.75. The van der Waals surface area contributed by atoms with Gasteiger partial charge in [0.1, 0.15) is 0 Å². The number of fused-ring (bicyclic) bond motifs is 6. The molecule has 7 aromatic rings. The van der Waals surface area contributed by atoms with Crippen molar-refractivity contribution >= 4 is 54.7 Å². The number of hydrogen-bond donors (Lipinski definition) is 4. The van der Waals surface area contributed by atoms with Gasteiger partial charge < -0.3 is 20.4 Å². The van der Waals surface area contributed by atoms with Crippen LogP contribution in [0, 0.1) is 0 Å². The Morgan fingerprint density at radius 1 is 0.350 bits per heavy atom. The first-order valence-electron chi connectivity index (χ1n) is 12.8. The molecule has 4 N–H and O–H groups in total. The van der Waals surface area contributed by atoms with Gasteiger partial charge >= 0.3 is 0 Å². The van der Waals surface area contributed by atoms with Crippen molar-refractivity contribution in [1.29, 1.82) is 0 Å². The van der Waals surface area contributed by atoms with Crippen LogP contribution in [0.3, 0.4) is 0 Å². The third-order valence-electron chi connectivity index (χ3n) is 8.75. The Hall–Kier alpha value is -5.62. The highest BCUT2D eigenvalue weighted by molar-refractivity contribution is 6.41. The minimum Gasteiger partial charge on any atom is -0.504 e. The van der Waals surface area contributed by atoms with E-state index in [1.54, 1.807) is 12.1 Å². The highest BCUT2D eigenvalue weighted by Crippen LogP contribution is 2.57. The largest absolute Gasteiger partial charge is 0.504 e. The molecule has 0 heterocycles. The number of carbonyl (C=O) groups is 2. The zero-order chi connectivity index (χ0) is 27.2. The van der Waals surface area contributed by atoms with Crippen molar-refractivity contribution in [3.63, 3.8) is 0 Å². The van der Waals surface area contributed by atoms with Crippen LogP contribution in [0.4, 0.5) is 0 Å². The van der Waals surface area contributed by atoms with E-state index in [4.69, 9.17) is 0 Å². The van der Waals surface area contributed by atoms with Gasteiger partial charge in [-0.1, -0.05) is 60.7 Å². The summed E-state index contributed by atoms with van der Waals surface area (Å²) in [6, 6.07) is 22.8. The molecule has 0 spiro atoms. The van der Waals surface area contributed by atoms with Gasteiger partial charge in [0, 0.05) is 33.0 Å². The molecule has 0 aromatic heterocycles. The summed E-state index contributed by atoms with van der Waals surface area (Å²) in [5.74, 6) is -3.84. The maximum atomic E-state index is 13.7. The average Bonchev–Trinajstić information content (AvgIpc) is 2.98. The number of hydrogen-bond acceptors (Lipinski definition) is 6. The SMILES string of the molecule is O=C1c2ccccc2-c2ccc3c4ccc5c6c(ccc(c7ccc1c2c73)c64)C(=O)c1c(O)c(O)c(O)c(O)c1-5. The number of phenols is 4. The third kappa shape index (κ3) is 2.16. The Kier molecular flexibility index (Phi) is 3.56. The van der Waals surface area contributed by atoms with Crippen LogP contribution in [0.25, 0.3) is 65.3 Å². The number of rotatable bonds is 0. The Labute approximate surface area is 224 Å². The van der Waals surface area contributed by atoms with Crippen LogP contribution < -0.4 is 0 Å². The molecule has 0 fully saturated rings. The summed E-state index contributed by atoms with van der Waals surface area (Å²) in [6.07, 6.45) is 0. The van der Waals surface area contributed by atoms with Gasteiger partial charge in [0.25, 0.3) is 0 Å². The van der Waals surface area contributed by atoms with Crippen molar-refractivity contribution in [3.05, 3.63) is 95.1 Å². The summed E-state index contributed by atoms with van der Waals surface area (Å²) in [4.78, 5) is 27.2. The fourth-order valence-corrected chi connectivity index (χ4v) is 7.08. The Morgan fingerprint density at radius 3 is 1.40 bits per heavy atom. The molecule has 0 saturated heterocycles. The molecular weight excluding hydrogens is 504 g/mol. The lowest BCUT2D eigenvalue weighted by atomic mass is 9.76. The summed E-state index contributed by atoms with van der Waals surface area (Å²) in [5, 5.41) is 48.8. The van der Waals surface area contributed by atoms with E-state index < -0.39 is 28.8 Å². The summed E-state index contributed by atoms with van der Waals surface area (Å²) < 4.78 is 0. The van der Waals surface area contributed by atoms with Gasteiger partial charge in [-0.3, -0.25) is 9.59 Å². The fourth-order valence-electron chi connectivity index (χ4n) is 7.08. The normalized spacial score (nSPS) is 13.5. The Bertz CT molecular complexity index is 2380. The van der Waals surface area contributed by atoms with Crippen LogP contribution in [0.5, 0.6) is 23.0 Å².